The van der Waals surface area contributed by atoms with Gasteiger partial charge in [-0.05, 0) is 56.8 Å². The van der Waals surface area contributed by atoms with Crippen LogP contribution in [-0.4, -0.2) is 24.0 Å². The van der Waals surface area contributed by atoms with E-state index in [1.165, 1.54) is 11.3 Å². The summed E-state index contributed by atoms with van der Waals surface area (Å²) in [5, 5.41) is 7.45. The fraction of sp³-hybridized carbons (Fsp3) is 0.368. The lowest BCUT2D eigenvalue weighted by Gasteiger charge is -2.19. The Morgan fingerprint density at radius 2 is 1.68 bits per heavy atom. The fourth-order valence-electron chi connectivity index (χ4n) is 2.27. The summed E-state index contributed by atoms with van der Waals surface area (Å²) >= 11 is 1.35. The molecule has 0 saturated heterocycles. The standard InChI is InChI=1S/C19H24N2O3S/c1-12(2)24-16-9-7-15(8-10-16)13(3)20-18(22)14(4)21-19(23)17-6-5-11-25-17/h5-14H,1-4H3,(H,20,22)(H,21,23). The summed E-state index contributed by atoms with van der Waals surface area (Å²) < 4.78 is 5.61. The van der Waals surface area contributed by atoms with Gasteiger partial charge in [0.15, 0.2) is 0 Å². The van der Waals surface area contributed by atoms with Crippen molar-refractivity contribution in [3.8, 4) is 5.75 Å². The summed E-state index contributed by atoms with van der Waals surface area (Å²) in [6.45, 7) is 7.53. The minimum absolute atomic E-state index is 0.121. The molecule has 0 saturated carbocycles. The first-order chi connectivity index (χ1) is 11.9. The van der Waals surface area contributed by atoms with Gasteiger partial charge >= 0.3 is 0 Å². The van der Waals surface area contributed by atoms with Crippen molar-refractivity contribution < 1.29 is 14.3 Å². The molecule has 2 aromatic rings. The lowest BCUT2D eigenvalue weighted by Crippen LogP contribution is -2.45. The smallest absolute Gasteiger partial charge is 0.261 e. The van der Waals surface area contributed by atoms with E-state index in [1.807, 2.05) is 50.4 Å². The molecule has 2 rings (SSSR count). The molecule has 0 aliphatic carbocycles. The molecule has 1 heterocycles. The minimum Gasteiger partial charge on any atom is -0.491 e. The molecule has 0 fully saturated rings. The van der Waals surface area contributed by atoms with Gasteiger partial charge in [0.1, 0.15) is 11.8 Å². The maximum absolute atomic E-state index is 12.3. The highest BCUT2D eigenvalue weighted by Crippen LogP contribution is 2.18. The fourth-order valence-corrected chi connectivity index (χ4v) is 2.90. The summed E-state index contributed by atoms with van der Waals surface area (Å²) in [6.07, 6.45) is 0.121. The van der Waals surface area contributed by atoms with Crippen LogP contribution in [0.25, 0.3) is 0 Å². The van der Waals surface area contributed by atoms with Crippen molar-refractivity contribution in [1.29, 1.82) is 0 Å². The molecule has 134 valence electrons. The summed E-state index contributed by atoms with van der Waals surface area (Å²) in [4.78, 5) is 24.9. The summed E-state index contributed by atoms with van der Waals surface area (Å²) in [7, 11) is 0. The number of carbonyl (C=O) groups excluding carboxylic acids is 2. The van der Waals surface area contributed by atoms with Crippen molar-refractivity contribution in [2.24, 2.45) is 0 Å². The number of carbonyl (C=O) groups is 2. The van der Waals surface area contributed by atoms with Gasteiger partial charge in [0.25, 0.3) is 5.91 Å². The van der Waals surface area contributed by atoms with Gasteiger partial charge in [0.2, 0.25) is 5.91 Å². The van der Waals surface area contributed by atoms with E-state index in [2.05, 4.69) is 10.6 Å². The highest BCUT2D eigenvalue weighted by atomic mass is 32.1. The Hall–Kier alpha value is -2.34. The Morgan fingerprint density at radius 3 is 2.24 bits per heavy atom. The van der Waals surface area contributed by atoms with E-state index in [4.69, 9.17) is 4.74 Å². The van der Waals surface area contributed by atoms with E-state index in [0.29, 0.717) is 4.88 Å². The molecule has 2 atom stereocenters. The van der Waals surface area contributed by atoms with E-state index in [1.54, 1.807) is 19.1 Å². The maximum Gasteiger partial charge on any atom is 0.261 e. The third-order valence-corrected chi connectivity index (χ3v) is 4.47. The average molecular weight is 360 g/mol. The first-order valence-electron chi connectivity index (χ1n) is 8.28. The second-order valence-corrected chi connectivity index (χ2v) is 7.09. The van der Waals surface area contributed by atoms with Crippen LogP contribution in [0.3, 0.4) is 0 Å². The molecule has 0 spiro atoms. The summed E-state index contributed by atoms with van der Waals surface area (Å²) in [5.41, 5.74) is 0.973. The predicted molar refractivity (Wildman–Crippen MR) is 100 cm³/mol. The maximum atomic E-state index is 12.3. The number of hydrogen-bond donors (Lipinski definition) is 2. The van der Waals surface area contributed by atoms with E-state index >= 15 is 0 Å². The van der Waals surface area contributed by atoms with Crippen LogP contribution in [0.1, 0.15) is 49.0 Å². The van der Waals surface area contributed by atoms with Gasteiger partial charge in [0.05, 0.1) is 17.0 Å². The number of thiophene rings is 1. The number of hydrogen-bond acceptors (Lipinski definition) is 4. The lowest BCUT2D eigenvalue weighted by molar-refractivity contribution is -0.123. The van der Waals surface area contributed by atoms with Crippen LogP contribution in [0, 0.1) is 0 Å². The highest BCUT2D eigenvalue weighted by Gasteiger charge is 2.19. The SMILES string of the molecule is CC(C)Oc1ccc(C(C)NC(=O)C(C)NC(=O)c2cccs2)cc1. The number of rotatable bonds is 7. The number of benzene rings is 1. The molecule has 0 bridgehead atoms. The molecule has 0 radical (unpaired) electrons. The van der Waals surface area contributed by atoms with Crippen LogP contribution >= 0.6 is 11.3 Å². The van der Waals surface area contributed by atoms with Crippen molar-refractivity contribution in [3.05, 3.63) is 52.2 Å². The number of amides is 2. The normalized spacial score (nSPS) is 13.2. The van der Waals surface area contributed by atoms with Gasteiger partial charge < -0.3 is 15.4 Å². The highest BCUT2D eigenvalue weighted by molar-refractivity contribution is 7.12. The predicted octanol–water partition coefficient (Wildman–Crippen LogP) is 3.53. The van der Waals surface area contributed by atoms with Crippen molar-refractivity contribution in [2.45, 2.75) is 45.9 Å². The number of nitrogens with one attached hydrogen (secondary N) is 2. The van der Waals surface area contributed by atoms with Crippen LogP contribution in [0.15, 0.2) is 41.8 Å². The van der Waals surface area contributed by atoms with Gasteiger partial charge in [-0.3, -0.25) is 9.59 Å². The molecule has 0 aliphatic heterocycles. The Bertz CT molecular complexity index is 696. The Morgan fingerprint density at radius 1 is 1.00 bits per heavy atom. The molecule has 0 aliphatic rings. The largest absolute Gasteiger partial charge is 0.491 e. The number of ether oxygens (including phenoxy) is 1. The van der Waals surface area contributed by atoms with Crippen LogP contribution in [-0.2, 0) is 4.79 Å². The van der Waals surface area contributed by atoms with Gasteiger partial charge in [-0.2, -0.15) is 0 Å². The summed E-state index contributed by atoms with van der Waals surface area (Å²) in [6, 6.07) is 10.4. The summed E-state index contributed by atoms with van der Waals surface area (Å²) in [5.74, 6) is 0.342. The quantitative estimate of drug-likeness (QED) is 0.794. The molecule has 6 heteroatoms. The molecule has 1 aromatic heterocycles. The van der Waals surface area contributed by atoms with Crippen molar-refractivity contribution in [1.82, 2.24) is 10.6 Å². The van der Waals surface area contributed by atoms with E-state index in [-0.39, 0.29) is 24.0 Å². The third kappa shape index (κ3) is 5.60. The Labute approximate surface area is 152 Å². The molecule has 2 unspecified atom stereocenters. The average Bonchev–Trinajstić information content (AvgIpc) is 3.09. The van der Waals surface area contributed by atoms with Crippen molar-refractivity contribution in [3.63, 3.8) is 0 Å². The van der Waals surface area contributed by atoms with E-state index < -0.39 is 6.04 Å². The minimum atomic E-state index is -0.611. The molecular formula is C19H24N2O3S. The molecule has 25 heavy (non-hydrogen) atoms. The van der Waals surface area contributed by atoms with E-state index in [9.17, 15) is 9.59 Å². The zero-order chi connectivity index (χ0) is 18.4. The second kappa shape index (κ2) is 8.67. The topological polar surface area (TPSA) is 67.4 Å². The van der Waals surface area contributed by atoms with Crippen molar-refractivity contribution in [2.75, 3.05) is 0 Å². The van der Waals surface area contributed by atoms with Gasteiger partial charge in [-0.1, -0.05) is 18.2 Å². The van der Waals surface area contributed by atoms with Crippen molar-refractivity contribution >= 4 is 23.2 Å². The molecular weight excluding hydrogens is 336 g/mol. The third-order valence-electron chi connectivity index (χ3n) is 3.60. The van der Waals surface area contributed by atoms with E-state index in [0.717, 1.165) is 11.3 Å². The van der Waals surface area contributed by atoms with Gasteiger partial charge in [-0.25, -0.2) is 0 Å². The van der Waals surface area contributed by atoms with Gasteiger partial charge in [0, 0.05) is 0 Å². The zero-order valence-electron chi connectivity index (χ0n) is 14.9. The van der Waals surface area contributed by atoms with Crippen LogP contribution in [0.5, 0.6) is 5.75 Å². The zero-order valence-corrected chi connectivity index (χ0v) is 15.7. The molecule has 2 N–H and O–H groups in total. The first kappa shape index (κ1) is 19.0. The Balaban J connectivity index is 1.89. The molecule has 1 aromatic carbocycles. The van der Waals surface area contributed by atoms with Gasteiger partial charge in [-0.15, -0.1) is 11.3 Å². The monoisotopic (exact) mass is 360 g/mol. The lowest BCUT2D eigenvalue weighted by atomic mass is 10.1. The molecule has 2 amide bonds. The molecule has 5 nitrogen and oxygen atoms in total. The van der Waals surface area contributed by atoms with Crippen LogP contribution in [0.2, 0.25) is 0 Å². The Kier molecular flexibility index (Phi) is 6.58. The first-order valence-corrected chi connectivity index (χ1v) is 9.16. The second-order valence-electron chi connectivity index (χ2n) is 6.14. The van der Waals surface area contributed by atoms with Crippen LogP contribution in [0.4, 0.5) is 0 Å². The van der Waals surface area contributed by atoms with Crippen LogP contribution < -0.4 is 15.4 Å².